The minimum atomic E-state index is -0.384. The SMILES string of the molecule is CC[C@H](N)C(=O)N1CCc2ccc(Br)cc21. The monoisotopic (exact) mass is 282 g/mol. The second-order valence-corrected chi connectivity index (χ2v) is 4.94. The molecule has 3 nitrogen and oxygen atoms in total. The van der Waals surface area contributed by atoms with Gasteiger partial charge in [0.05, 0.1) is 6.04 Å². The maximum absolute atomic E-state index is 12.0. The van der Waals surface area contributed by atoms with Gasteiger partial charge in [-0.05, 0) is 30.5 Å². The number of carbonyl (C=O) groups is 1. The van der Waals surface area contributed by atoms with Gasteiger partial charge in [-0.25, -0.2) is 0 Å². The zero-order valence-electron chi connectivity index (χ0n) is 9.24. The summed E-state index contributed by atoms with van der Waals surface area (Å²) in [7, 11) is 0. The summed E-state index contributed by atoms with van der Waals surface area (Å²) in [5.41, 5.74) is 8.01. The molecular formula is C12H15BrN2O. The molecule has 1 atom stereocenters. The number of hydrogen-bond donors (Lipinski definition) is 1. The van der Waals surface area contributed by atoms with Crippen molar-refractivity contribution in [3.8, 4) is 0 Å². The van der Waals surface area contributed by atoms with Crippen molar-refractivity contribution in [1.82, 2.24) is 0 Å². The maximum Gasteiger partial charge on any atom is 0.243 e. The summed E-state index contributed by atoms with van der Waals surface area (Å²) in [6, 6.07) is 5.67. The predicted molar refractivity (Wildman–Crippen MR) is 68.5 cm³/mol. The first-order valence-corrected chi connectivity index (χ1v) is 6.28. The Bertz CT molecular complexity index is 419. The lowest BCUT2D eigenvalue weighted by molar-refractivity contribution is -0.119. The molecule has 1 aromatic carbocycles. The highest BCUT2D eigenvalue weighted by molar-refractivity contribution is 9.10. The second kappa shape index (κ2) is 4.55. The lowest BCUT2D eigenvalue weighted by Crippen LogP contribution is -2.42. The van der Waals surface area contributed by atoms with Crippen LogP contribution in [0.3, 0.4) is 0 Å². The summed E-state index contributed by atoms with van der Waals surface area (Å²) in [5, 5.41) is 0. The van der Waals surface area contributed by atoms with Crippen molar-refractivity contribution in [2.75, 3.05) is 11.4 Å². The van der Waals surface area contributed by atoms with Crippen LogP contribution < -0.4 is 10.6 Å². The van der Waals surface area contributed by atoms with Gasteiger partial charge in [-0.3, -0.25) is 4.79 Å². The number of nitrogens with zero attached hydrogens (tertiary/aromatic N) is 1. The standard InChI is InChI=1S/C12H15BrN2O/c1-2-10(14)12(16)15-6-5-8-3-4-9(13)7-11(8)15/h3-4,7,10H,2,5-6,14H2,1H3/t10-/m0/s1. The molecule has 2 N–H and O–H groups in total. The number of halogens is 1. The van der Waals surface area contributed by atoms with Gasteiger partial charge in [0, 0.05) is 16.7 Å². The molecule has 0 unspecified atom stereocenters. The van der Waals surface area contributed by atoms with Crippen molar-refractivity contribution >= 4 is 27.5 Å². The molecule has 1 aromatic rings. The van der Waals surface area contributed by atoms with E-state index in [0.717, 1.165) is 23.1 Å². The molecule has 0 bridgehead atoms. The van der Waals surface area contributed by atoms with Crippen LogP contribution in [0.4, 0.5) is 5.69 Å². The highest BCUT2D eigenvalue weighted by Gasteiger charge is 2.27. The number of rotatable bonds is 2. The maximum atomic E-state index is 12.0. The summed E-state index contributed by atoms with van der Waals surface area (Å²) in [5.74, 6) is 0.0272. The summed E-state index contributed by atoms with van der Waals surface area (Å²) >= 11 is 3.43. The molecule has 0 saturated heterocycles. The number of benzene rings is 1. The fraction of sp³-hybridized carbons (Fsp3) is 0.417. The highest BCUT2D eigenvalue weighted by atomic mass is 79.9. The van der Waals surface area contributed by atoms with E-state index in [2.05, 4.69) is 22.0 Å². The summed E-state index contributed by atoms with van der Waals surface area (Å²) in [4.78, 5) is 13.8. The van der Waals surface area contributed by atoms with Gasteiger partial charge in [0.2, 0.25) is 5.91 Å². The molecule has 1 aliphatic heterocycles. The van der Waals surface area contributed by atoms with E-state index in [-0.39, 0.29) is 11.9 Å². The first-order chi connectivity index (χ1) is 7.63. The third-order valence-electron chi connectivity index (χ3n) is 2.97. The van der Waals surface area contributed by atoms with Gasteiger partial charge in [0.25, 0.3) is 0 Å². The van der Waals surface area contributed by atoms with Crippen LogP contribution in [0.2, 0.25) is 0 Å². The zero-order chi connectivity index (χ0) is 11.7. The predicted octanol–water partition coefficient (Wildman–Crippen LogP) is 2.08. The first-order valence-electron chi connectivity index (χ1n) is 5.49. The Morgan fingerprint density at radius 3 is 3.06 bits per heavy atom. The van der Waals surface area contributed by atoms with E-state index in [4.69, 9.17) is 5.73 Å². The molecule has 86 valence electrons. The van der Waals surface area contributed by atoms with E-state index in [0.29, 0.717) is 6.42 Å². The van der Waals surface area contributed by atoms with Gasteiger partial charge in [0.1, 0.15) is 0 Å². The molecule has 0 spiro atoms. The summed E-state index contributed by atoms with van der Waals surface area (Å²) in [6.07, 6.45) is 1.60. The van der Waals surface area contributed by atoms with Crippen LogP contribution in [-0.2, 0) is 11.2 Å². The average Bonchev–Trinajstić information content (AvgIpc) is 2.69. The molecule has 4 heteroatoms. The Hall–Kier alpha value is -0.870. The largest absolute Gasteiger partial charge is 0.320 e. The van der Waals surface area contributed by atoms with Gasteiger partial charge in [-0.15, -0.1) is 0 Å². The van der Waals surface area contributed by atoms with Crippen molar-refractivity contribution in [1.29, 1.82) is 0 Å². The molecule has 0 saturated carbocycles. The first kappa shape index (κ1) is 11.6. The fourth-order valence-corrected chi connectivity index (χ4v) is 2.31. The summed E-state index contributed by atoms with van der Waals surface area (Å²) < 4.78 is 0.996. The van der Waals surface area contributed by atoms with Crippen molar-refractivity contribution in [2.24, 2.45) is 5.73 Å². The van der Waals surface area contributed by atoms with Gasteiger partial charge < -0.3 is 10.6 Å². The third-order valence-corrected chi connectivity index (χ3v) is 3.46. The van der Waals surface area contributed by atoms with Crippen LogP contribution in [0.25, 0.3) is 0 Å². The number of amides is 1. The molecule has 16 heavy (non-hydrogen) atoms. The third kappa shape index (κ3) is 1.99. The molecule has 1 aliphatic rings. The van der Waals surface area contributed by atoms with Gasteiger partial charge >= 0.3 is 0 Å². The van der Waals surface area contributed by atoms with E-state index in [1.165, 1.54) is 5.56 Å². The number of hydrogen-bond acceptors (Lipinski definition) is 2. The van der Waals surface area contributed by atoms with Gasteiger partial charge in [-0.1, -0.05) is 28.9 Å². The minimum Gasteiger partial charge on any atom is -0.320 e. The molecule has 0 aromatic heterocycles. The van der Waals surface area contributed by atoms with E-state index < -0.39 is 0 Å². The Morgan fingerprint density at radius 2 is 2.38 bits per heavy atom. The molecule has 1 amide bonds. The molecule has 0 aliphatic carbocycles. The van der Waals surface area contributed by atoms with Crippen LogP contribution in [-0.4, -0.2) is 18.5 Å². The van der Waals surface area contributed by atoms with E-state index in [9.17, 15) is 4.79 Å². The highest BCUT2D eigenvalue weighted by Crippen LogP contribution is 2.31. The Morgan fingerprint density at radius 1 is 1.62 bits per heavy atom. The molecular weight excluding hydrogens is 268 g/mol. The van der Waals surface area contributed by atoms with Crippen molar-refractivity contribution < 1.29 is 4.79 Å². The molecule has 0 radical (unpaired) electrons. The lowest BCUT2D eigenvalue weighted by atomic mass is 10.1. The smallest absolute Gasteiger partial charge is 0.243 e. The lowest BCUT2D eigenvalue weighted by Gasteiger charge is -2.20. The number of anilines is 1. The minimum absolute atomic E-state index is 0.0272. The van der Waals surface area contributed by atoms with E-state index in [1.54, 1.807) is 4.90 Å². The zero-order valence-corrected chi connectivity index (χ0v) is 10.8. The normalized spacial score (nSPS) is 16.1. The van der Waals surface area contributed by atoms with Crippen molar-refractivity contribution in [3.05, 3.63) is 28.2 Å². The molecule has 1 heterocycles. The molecule has 2 rings (SSSR count). The summed E-state index contributed by atoms with van der Waals surface area (Å²) in [6.45, 7) is 2.68. The van der Waals surface area contributed by atoms with Crippen LogP contribution >= 0.6 is 15.9 Å². The van der Waals surface area contributed by atoms with Crippen LogP contribution in [0, 0.1) is 0 Å². The second-order valence-electron chi connectivity index (χ2n) is 4.03. The Balaban J connectivity index is 2.29. The Labute approximate surface area is 104 Å². The number of fused-ring (bicyclic) bond motifs is 1. The van der Waals surface area contributed by atoms with E-state index >= 15 is 0 Å². The van der Waals surface area contributed by atoms with Crippen LogP contribution in [0.5, 0.6) is 0 Å². The van der Waals surface area contributed by atoms with Crippen LogP contribution in [0.1, 0.15) is 18.9 Å². The van der Waals surface area contributed by atoms with Gasteiger partial charge in [-0.2, -0.15) is 0 Å². The van der Waals surface area contributed by atoms with E-state index in [1.807, 2.05) is 19.1 Å². The number of carbonyl (C=O) groups excluding carboxylic acids is 1. The average molecular weight is 283 g/mol. The topological polar surface area (TPSA) is 46.3 Å². The van der Waals surface area contributed by atoms with Crippen LogP contribution in [0.15, 0.2) is 22.7 Å². The van der Waals surface area contributed by atoms with Crippen molar-refractivity contribution in [3.63, 3.8) is 0 Å². The van der Waals surface area contributed by atoms with Crippen molar-refractivity contribution in [2.45, 2.75) is 25.8 Å². The fourth-order valence-electron chi connectivity index (χ4n) is 1.96. The molecule has 0 fully saturated rings. The van der Waals surface area contributed by atoms with Gasteiger partial charge in [0.15, 0.2) is 0 Å². The Kier molecular flexibility index (Phi) is 3.30. The quantitative estimate of drug-likeness (QED) is 0.903. The number of nitrogens with two attached hydrogens (primary N) is 1.